The van der Waals surface area contributed by atoms with Gasteiger partial charge in [-0.1, -0.05) is 6.07 Å². The van der Waals surface area contributed by atoms with Crippen molar-refractivity contribution in [3.63, 3.8) is 0 Å². The molecule has 7 nitrogen and oxygen atoms in total. The van der Waals surface area contributed by atoms with Crippen LogP contribution >= 0.6 is 0 Å². The van der Waals surface area contributed by atoms with Crippen LogP contribution in [0.2, 0.25) is 0 Å². The van der Waals surface area contributed by atoms with Crippen LogP contribution in [0, 0.1) is 18.6 Å². The largest absolute Gasteiger partial charge is 0.485 e. The number of benzene rings is 1. The fraction of sp³-hybridized carbons (Fsp3) is 0.105. The van der Waals surface area contributed by atoms with Gasteiger partial charge in [0.15, 0.2) is 11.4 Å². The van der Waals surface area contributed by atoms with Gasteiger partial charge in [0.25, 0.3) is 5.91 Å². The Morgan fingerprint density at radius 1 is 1.25 bits per heavy atom. The summed E-state index contributed by atoms with van der Waals surface area (Å²) >= 11 is 0. The van der Waals surface area contributed by atoms with E-state index in [0.29, 0.717) is 28.5 Å². The number of fused-ring (bicyclic) bond motifs is 1. The normalized spacial score (nSPS) is 11.0. The third kappa shape index (κ3) is 3.18. The standard InChI is InChI=1S/C19H15F2N5O2/c1-11-17(19(27)25-12-8-22-23-9-12)26-7-3-6-16(18(26)24-11)28-10-13-14(20)4-2-5-15(13)21/h2-9H,10H2,1H3,(H,22,23)(H,25,27). The summed E-state index contributed by atoms with van der Waals surface area (Å²) < 4.78 is 34.8. The Balaban J connectivity index is 1.65. The highest BCUT2D eigenvalue weighted by molar-refractivity contribution is 6.04. The molecule has 0 radical (unpaired) electrons. The van der Waals surface area contributed by atoms with Crippen LogP contribution in [0.1, 0.15) is 21.7 Å². The molecule has 4 aromatic rings. The second kappa shape index (κ2) is 7.10. The summed E-state index contributed by atoms with van der Waals surface area (Å²) in [6.07, 6.45) is 4.69. The lowest BCUT2D eigenvalue weighted by Crippen LogP contribution is -2.15. The predicted octanol–water partition coefficient (Wildman–Crippen LogP) is 3.48. The molecule has 3 aromatic heterocycles. The Morgan fingerprint density at radius 2 is 2.04 bits per heavy atom. The number of nitrogens with one attached hydrogen (secondary N) is 2. The van der Waals surface area contributed by atoms with Crippen molar-refractivity contribution in [1.82, 2.24) is 19.6 Å². The number of amides is 1. The average Bonchev–Trinajstić information content (AvgIpc) is 3.28. The highest BCUT2D eigenvalue weighted by atomic mass is 19.1. The molecule has 0 aliphatic carbocycles. The molecule has 0 saturated carbocycles. The van der Waals surface area contributed by atoms with Crippen molar-refractivity contribution in [3.8, 4) is 5.75 Å². The molecule has 0 aliphatic heterocycles. The lowest BCUT2D eigenvalue weighted by Gasteiger charge is -2.09. The van der Waals surface area contributed by atoms with Crippen molar-refractivity contribution in [1.29, 1.82) is 0 Å². The molecule has 0 fully saturated rings. The Morgan fingerprint density at radius 3 is 2.75 bits per heavy atom. The summed E-state index contributed by atoms with van der Waals surface area (Å²) in [5.41, 5.74) is 1.51. The molecule has 142 valence electrons. The van der Waals surface area contributed by atoms with Crippen LogP contribution in [-0.2, 0) is 6.61 Å². The first kappa shape index (κ1) is 17.7. The summed E-state index contributed by atoms with van der Waals surface area (Å²) in [5.74, 6) is -1.45. The zero-order valence-electron chi connectivity index (χ0n) is 14.7. The minimum atomic E-state index is -0.688. The number of hydrogen-bond donors (Lipinski definition) is 2. The number of ether oxygens (including phenoxy) is 1. The van der Waals surface area contributed by atoms with E-state index in [1.165, 1.54) is 24.4 Å². The zero-order chi connectivity index (χ0) is 19.7. The minimum Gasteiger partial charge on any atom is -0.485 e. The molecular formula is C19H15F2N5O2. The number of rotatable bonds is 5. The number of hydrogen-bond acceptors (Lipinski definition) is 4. The number of carbonyl (C=O) groups excluding carboxylic acids is 1. The van der Waals surface area contributed by atoms with Crippen molar-refractivity contribution >= 4 is 17.2 Å². The summed E-state index contributed by atoms with van der Waals surface area (Å²) in [6, 6.07) is 6.91. The van der Waals surface area contributed by atoms with Gasteiger partial charge < -0.3 is 10.1 Å². The molecule has 2 N–H and O–H groups in total. The Hall–Kier alpha value is -3.75. The summed E-state index contributed by atoms with van der Waals surface area (Å²) in [7, 11) is 0. The Kier molecular flexibility index (Phi) is 4.48. The van der Waals surface area contributed by atoms with Crippen LogP contribution in [-0.4, -0.2) is 25.5 Å². The first-order valence-corrected chi connectivity index (χ1v) is 8.38. The summed E-state index contributed by atoms with van der Waals surface area (Å²) in [4.78, 5) is 17.0. The van der Waals surface area contributed by atoms with Crippen LogP contribution in [0.25, 0.3) is 5.65 Å². The van der Waals surface area contributed by atoms with Crippen LogP contribution in [0.3, 0.4) is 0 Å². The van der Waals surface area contributed by atoms with Gasteiger partial charge >= 0.3 is 0 Å². The van der Waals surface area contributed by atoms with E-state index < -0.39 is 11.6 Å². The van der Waals surface area contributed by atoms with E-state index in [0.717, 1.165) is 0 Å². The van der Waals surface area contributed by atoms with Gasteiger partial charge in [0, 0.05) is 12.4 Å². The molecule has 1 amide bonds. The van der Waals surface area contributed by atoms with E-state index in [4.69, 9.17) is 4.74 Å². The third-order valence-electron chi connectivity index (χ3n) is 4.19. The molecule has 0 unspecified atom stereocenters. The molecule has 0 saturated heterocycles. The van der Waals surface area contributed by atoms with Gasteiger partial charge in [0.2, 0.25) is 0 Å². The molecule has 28 heavy (non-hydrogen) atoms. The van der Waals surface area contributed by atoms with Gasteiger partial charge in [-0.05, 0) is 31.2 Å². The van der Waals surface area contributed by atoms with Crippen molar-refractivity contribution in [2.75, 3.05) is 5.32 Å². The molecule has 4 rings (SSSR count). The molecule has 0 spiro atoms. The van der Waals surface area contributed by atoms with E-state index in [9.17, 15) is 13.6 Å². The number of nitrogens with zero attached hydrogens (tertiary/aromatic N) is 3. The van der Waals surface area contributed by atoms with Gasteiger partial charge in [-0.2, -0.15) is 5.10 Å². The first-order chi connectivity index (χ1) is 13.5. The van der Waals surface area contributed by atoms with E-state index in [-0.39, 0.29) is 18.1 Å². The number of aromatic amines is 1. The number of halogens is 2. The van der Waals surface area contributed by atoms with Crippen molar-refractivity contribution in [2.24, 2.45) is 0 Å². The number of H-pyrrole nitrogens is 1. The molecule has 0 bridgehead atoms. The van der Waals surface area contributed by atoms with Crippen LogP contribution in [0.4, 0.5) is 14.5 Å². The second-order valence-electron chi connectivity index (χ2n) is 6.04. The highest BCUT2D eigenvalue weighted by Crippen LogP contribution is 2.24. The number of aryl methyl sites for hydroxylation is 1. The van der Waals surface area contributed by atoms with Crippen LogP contribution in [0.5, 0.6) is 5.75 Å². The van der Waals surface area contributed by atoms with Crippen molar-refractivity contribution in [2.45, 2.75) is 13.5 Å². The monoisotopic (exact) mass is 383 g/mol. The number of imidazole rings is 1. The van der Waals surface area contributed by atoms with Crippen LogP contribution < -0.4 is 10.1 Å². The number of anilines is 1. The summed E-state index contributed by atoms with van der Waals surface area (Å²) in [5, 5.41) is 9.11. The number of pyridine rings is 1. The predicted molar refractivity (Wildman–Crippen MR) is 97.2 cm³/mol. The fourth-order valence-electron chi connectivity index (χ4n) is 2.87. The number of aromatic nitrogens is 4. The summed E-state index contributed by atoms with van der Waals surface area (Å²) in [6.45, 7) is 1.39. The maximum atomic E-state index is 13.8. The maximum absolute atomic E-state index is 13.8. The molecule has 0 aliphatic rings. The van der Waals surface area contributed by atoms with Gasteiger partial charge in [-0.15, -0.1) is 0 Å². The molecule has 0 atom stereocenters. The van der Waals surface area contributed by atoms with E-state index >= 15 is 0 Å². The van der Waals surface area contributed by atoms with Crippen molar-refractivity contribution < 1.29 is 18.3 Å². The fourth-order valence-corrected chi connectivity index (χ4v) is 2.87. The SMILES string of the molecule is Cc1nc2c(OCc3c(F)cccc3F)cccn2c1C(=O)Nc1cn[nH]c1. The third-order valence-corrected chi connectivity index (χ3v) is 4.19. The highest BCUT2D eigenvalue weighted by Gasteiger charge is 2.19. The smallest absolute Gasteiger partial charge is 0.274 e. The molecular weight excluding hydrogens is 368 g/mol. The first-order valence-electron chi connectivity index (χ1n) is 8.38. The maximum Gasteiger partial charge on any atom is 0.274 e. The molecule has 3 heterocycles. The van der Waals surface area contributed by atoms with E-state index in [2.05, 4.69) is 20.5 Å². The Labute approximate surface area is 158 Å². The van der Waals surface area contributed by atoms with Gasteiger partial charge in [-0.25, -0.2) is 13.8 Å². The molecule has 1 aromatic carbocycles. The van der Waals surface area contributed by atoms with Gasteiger partial charge in [0.05, 0.1) is 23.1 Å². The average molecular weight is 383 g/mol. The van der Waals surface area contributed by atoms with Gasteiger partial charge in [0.1, 0.15) is 23.9 Å². The zero-order valence-corrected chi connectivity index (χ0v) is 14.7. The van der Waals surface area contributed by atoms with E-state index in [1.807, 2.05) is 0 Å². The van der Waals surface area contributed by atoms with Crippen LogP contribution in [0.15, 0.2) is 48.9 Å². The lowest BCUT2D eigenvalue weighted by molar-refractivity contribution is 0.102. The molecule has 9 heteroatoms. The van der Waals surface area contributed by atoms with Crippen molar-refractivity contribution in [3.05, 3.63) is 77.5 Å². The lowest BCUT2D eigenvalue weighted by atomic mass is 10.2. The quantitative estimate of drug-likeness (QED) is 0.553. The second-order valence-corrected chi connectivity index (χ2v) is 6.04. The van der Waals surface area contributed by atoms with Gasteiger partial charge in [-0.3, -0.25) is 14.3 Å². The minimum absolute atomic E-state index is 0.175. The van der Waals surface area contributed by atoms with E-state index in [1.54, 1.807) is 35.9 Å². The Bertz CT molecular complexity index is 1130. The number of carbonyl (C=O) groups is 1. The topological polar surface area (TPSA) is 84.3 Å².